The second kappa shape index (κ2) is 62.2. The lowest BCUT2D eigenvalue weighted by atomic mass is 10.0. The van der Waals surface area contributed by atoms with Crippen LogP contribution >= 0.6 is 7.82 Å². The zero-order valence-corrected chi connectivity index (χ0v) is 55.7. The number of carbonyl (C=O) groups is 2. The van der Waals surface area contributed by atoms with Gasteiger partial charge in [-0.1, -0.05) is 264 Å². The minimum Gasteiger partial charge on any atom is -0.756 e. The SMILES string of the molecule is CC/C=C\C/C=C\C/C=C\C/C=C\C/C=C\C/C=C\CCCCCCC(=O)NC(COP(=O)([O-])OCC[N+](C)(C)C)C(/C=C/CCCCCCCCCCCC)OC(=O)CCCCCCCCC/C=C\C/C=C\C/C=C\C/C=C\CCCCC. The number of hydrogen-bond acceptors (Lipinski definition) is 7. The van der Waals surface area contributed by atoms with Crippen LogP contribution in [0.5, 0.6) is 0 Å². The molecule has 10 heteroatoms. The van der Waals surface area contributed by atoms with E-state index in [1.165, 1.54) is 96.3 Å². The lowest BCUT2D eigenvalue weighted by Gasteiger charge is -2.30. The standard InChI is InChI=1S/C74H127N2O7P/c1-7-10-13-16-19-22-25-28-30-32-34-36-38-40-42-44-46-48-51-54-57-60-63-66-73(77)75-71(70-82-84(79,80)81-69-68-76(4,5)6)72(65-62-59-56-53-50-27-24-21-18-15-12-9-3)83-74(78)67-64-61-58-55-52-49-47-45-43-41-39-37-35-33-31-29-26-23-20-17-14-11-8-2/h10,13,19-20,22-23,28-31,34-37,40-43,46,48,62,65,71-72H,7-9,11-12,14-18,21,24-27,32-33,38-39,44-45,47,49-61,63-64,66-70H2,1-6H3,(H-,75,77,79,80)/b13-10-,22-19-,23-20-,30-28-,31-29-,36-34-,37-35-,42-40-,43-41-,48-46-,65-62+. The number of phosphoric ester groups is 1. The molecule has 0 bridgehead atoms. The topological polar surface area (TPSA) is 114 Å². The van der Waals surface area contributed by atoms with Crippen molar-refractivity contribution < 1.29 is 37.3 Å². The molecular formula is C74H127N2O7P. The zero-order valence-electron chi connectivity index (χ0n) is 54.8. The van der Waals surface area contributed by atoms with E-state index in [0.29, 0.717) is 23.9 Å². The van der Waals surface area contributed by atoms with E-state index in [4.69, 9.17) is 13.8 Å². The Balaban J connectivity index is 5.24. The van der Waals surface area contributed by atoms with Gasteiger partial charge in [-0.25, -0.2) is 0 Å². The maximum Gasteiger partial charge on any atom is 0.306 e. The van der Waals surface area contributed by atoms with Gasteiger partial charge in [-0.2, -0.15) is 0 Å². The summed E-state index contributed by atoms with van der Waals surface area (Å²) < 4.78 is 30.4. The number of unbranched alkanes of at least 4 members (excludes halogenated alkanes) is 24. The molecule has 1 amide bonds. The van der Waals surface area contributed by atoms with Crippen LogP contribution in [0.4, 0.5) is 0 Å². The summed E-state index contributed by atoms with van der Waals surface area (Å²) in [7, 11) is 1.14. The van der Waals surface area contributed by atoms with Crippen molar-refractivity contribution in [2.75, 3.05) is 40.9 Å². The van der Waals surface area contributed by atoms with E-state index in [1.54, 1.807) is 0 Å². The molecule has 1 N–H and O–H groups in total. The van der Waals surface area contributed by atoms with Crippen LogP contribution in [0.15, 0.2) is 134 Å². The van der Waals surface area contributed by atoms with Gasteiger partial charge in [0.1, 0.15) is 19.3 Å². The second-order valence-corrected chi connectivity index (χ2v) is 25.0. The predicted molar refractivity (Wildman–Crippen MR) is 362 cm³/mol. The van der Waals surface area contributed by atoms with Crippen molar-refractivity contribution in [3.63, 3.8) is 0 Å². The second-order valence-electron chi connectivity index (χ2n) is 23.6. The first-order valence-electron chi connectivity index (χ1n) is 34.0. The quantitative estimate of drug-likeness (QED) is 0.0212. The first-order valence-corrected chi connectivity index (χ1v) is 35.5. The van der Waals surface area contributed by atoms with E-state index in [0.717, 1.165) is 128 Å². The molecule has 0 aromatic carbocycles. The molecule has 0 rings (SSSR count). The van der Waals surface area contributed by atoms with E-state index in [2.05, 4.69) is 148 Å². The Kier molecular flexibility index (Phi) is 59.4. The van der Waals surface area contributed by atoms with Gasteiger partial charge >= 0.3 is 5.97 Å². The molecule has 0 aliphatic carbocycles. The molecule has 0 aromatic rings. The number of rotatable bonds is 60. The van der Waals surface area contributed by atoms with Crippen molar-refractivity contribution in [1.29, 1.82) is 0 Å². The van der Waals surface area contributed by atoms with Crippen molar-refractivity contribution in [2.45, 2.75) is 283 Å². The minimum atomic E-state index is -4.72. The highest BCUT2D eigenvalue weighted by Gasteiger charge is 2.27. The third kappa shape index (κ3) is 62.7. The molecule has 0 fully saturated rings. The first-order chi connectivity index (χ1) is 40.9. The number of likely N-dealkylation sites (N-methyl/N-ethyl adjacent to an activating group) is 1. The lowest BCUT2D eigenvalue weighted by molar-refractivity contribution is -0.870. The van der Waals surface area contributed by atoms with Gasteiger partial charge in [0.2, 0.25) is 5.91 Å². The molecule has 0 aliphatic rings. The Labute approximate surface area is 517 Å². The third-order valence-electron chi connectivity index (χ3n) is 14.3. The van der Waals surface area contributed by atoms with Crippen LogP contribution in [0.2, 0.25) is 0 Å². The van der Waals surface area contributed by atoms with E-state index in [-0.39, 0.29) is 31.3 Å². The Hall–Kier alpha value is -3.85. The van der Waals surface area contributed by atoms with Gasteiger partial charge in [-0.05, 0) is 128 Å². The summed E-state index contributed by atoms with van der Waals surface area (Å²) in [6.45, 7) is 6.67. The summed E-state index contributed by atoms with van der Waals surface area (Å²) in [4.78, 5) is 40.1. The van der Waals surface area contributed by atoms with Crippen molar-refractivity contribution in [3.05, 3.63) is 134 Å². The summed E-state index contributed by atoms with van der Waals surface area (Å²) in [6, 6.07) is -0.918. The van der Waals surface area contributed by atoms with Crippen molar-refractivity contribution in [3.8, 4) is 0 Å². The van der Waals surface area contributed by atoms with E-state index in [1.807, 2.05) is 33.3 Å². The van der Waals surface area contributed by atoms with Crippen LogP contribution in [0.3, 0.4) is 0 Å². The third-order valence-corrected chi connectivity index (χ3v) is 15.3. The summed E-state index contributed by atoms with van der Waals surface area (Å²) >= 11 is 0. The molecule has 3 atom stereocenters. The number of quaternary nitrogens is 1. The highest BCUT2D eigenvalue weighted by atomic mass is 31.2. The fraction of sp³-hybridized carbons (Fsp3) is 0.676. The molecule has 0 spiro atoms. The fourth-order valence-electron chi connectivity index (χ4n) is 9.10. The van der Waals surface area contributed by atoms with Crippen molar-refractivity contribution >= 4 is 19.7 Å². The normalized spacial score (nSPS) is 14.4. The number of nitrogens with zero attached hydrogens (tertiary/aromatic N) is 1. The number of carbonyl (C=O) groups excluding carboxylic acids is 2. The molecule has 0 radical (unpaired) electrons. The Bertz CT molecular complexity index is 1900. The lowest BCUT2D eigenvalue weighted by Crippen LogP contribution is -2.47. The maximum absolute atomic E-state index is 13.6. The van der Waals surface area contributed by atoms with Crippen LogP contribution < -0.4 is 10.2 Å². The summed E-state index contributed by atoms with van der Waals surface area (Å²) in [6.07, 6.45) is 88.5. The van der Waals surface area contributed by atoms with Crippen LogP contribution in [0, 0.1) is 0 Å². The first kappa shape index (κ1) is 80.2. The Morgan fingerprint density at radius 2 is 0.762 bits per heavy atom. The van der Waals surface area contributed by atoms with Gasteiger partial charge in [-0.15, -0.1) is 0 Å². The number of nitrogens with one attached hydrogen (secondary N) is 1. The van der Waals surface area contributed by atoms with Gasteiger partial charge in [0.25, 0.3) is 7.82 Å². The number of ether oxygens (including phenoxy) is 1. The smallest absolute Gasteiger partial charge is 0.306 e. The summed E-state index contributed by atoms with van der Waals surface area (Å²) in [5.41, 5.74) is 0. The predicted octanol–water partition coefficient (Wildman–Crippen LogP) is 21.0. The van der Waals surface area contributed by atoms with Gasteiger partial charge in [-0.3, -0.25) is 14.2 Å². The summed E-state index contributed by atoms with van der Waals surface area (Å²) in [5, 5.41) is 3.02. The van der Waals surface area contributed by atoms with Crippen molar-refractivity contribution in [1.82, 2.24) is 5.32 Å². The largest absolute Gasteiger partial charge is 0.756 e. The average molecular weight is 1190 g/mol. The molecule has 0 aromatic heterocycles. The fourth-order valence-corrected chi connectivity index (χ4v) is 9.82. The summed E-state index contributed by atoms with van der Waals surface area (Å²) in [5.74, 6) is -0.589. The van der Waals surface area contributed by atoms with Gasteiger partial charge in [0.15, 0.2) is 0 Å². The molecular weight excluding hydrogens is 1060 g/mol. The zero-order chi connectivity index (χ0) is 61.4. The van der Waals surface area contributed by atoms with Crippen LogP contribution in [0.25, 0.3) is 0 Å². The minimum absolute atomic E-state index is 0.0370. The highest BCUT2D eigenvalue weighted by Crippen LogP contribution is 2.38. The molecule has 0 aliphatic heterocycles. The van der Waals surface area contributed by atoms with E-state index < -0.39 is 26.6 Å². The molecule has 480 valence electrons. The molecule has 9 nitrogen and oxygen atoms in total. The molecule has 84 heavy (non-hydrogen) atoms. The van der Waals surface area contributed by atoms with Crippen LogP contribution in [0.1, 0.15) is 271 Å². The van der Waals surface area contributed by atoms with Crippen LogP contribution in [-0.4, -0.2) is 69.4 Å². The number of phosphoric acid groups is 1. The molecule has 0 saturated carbocycles. The van der Waals surface area contributed by atoms with E-state index in [9.17, 15) is 19.0 Å². The number of hydrogen-bond donors (Lipinski definition) is 1. The maximum atomic E-state index is 13.6. The van der Waals surface area contributed by atoms with Crippen molar-refractivity contribution in [2.24, 2.45) is 0 Å². The molecule has 0 heterocycles. The number of allylic oxidation sites excluding steroid dienone is 21. The van der Waals surface area contributed by atoms with Gasteiger partial charge in [0.05, 0.1) is 33.8 Å². The monoisotopic (exact) mass is 1190 g/mol. The van der Waals surface area contributed by atoms with Crippen LogP contribution in [-0.2, 0) is 27.9 Å². The van der Waals surface area contributed by atoms with Gasteiger partial charge < -0.3 is 28.5 Å². The Morgan fingerprint density at radius 3 is 1.17 bits per heavy atom. The number of esters is 1. The average Bonchev–Trinajstić information content (AvgIpc) is 3.64. The van der Waals surface area contributed by atoms with E-state index >= 15 is 0 Å². The highest BCUT2D eigenvalue weighted by molar-refractivity contribution is 7.45. The molecule has 3 unspecified atom stereocenters. The Morgan fingerprint density at radius 1 is 0.429 bits per heavy atom. The van der Waals surface area contributed by atoms with Gasteiger partial charge in [0, 0.05) is 12.8 Å². The number of amides is 1. The molecule has 0 saturated heterocycles.